The zero-order valence-corrected chi connectivity index (χ0v) is 14.8. The van der Waals surface area contributed by atoms with Gasteiger partial charge in [0.2, 0.25) is 0 Å². The van der Waals surface area contributed by atoms with Gasteiger partial charge in [0.15, 0.2) is 0 Å². The highest BCUT2D eigenvalue weighted by Gasteiger charge is 2.12. The van der Waals surface area contributed by atoms with Gasteiger partial charge in [-0.05, 0) is 65.4 Å². The first-order chi connectivity index (χ1) is 11.9. The van der Waals surface area contributed by atoms with E-state index in [1.165, 1.54) is 12.1 Å². The van der Waals surface area contributed by atoms with Crippen molar-refractivity contribution in [1.29, 1.82) is 5.26 Å². The lowest BCUT2D eigenvalue weighted by atomic mass is 9.94. The summed E-state index contributed by atoms with van der Waals surface area (Å²) in [7, 11) is 1.65. The van der Waals surface area contributed by atoms with E-state index < -0.39 is 5.97 Å². The molecule has 2 rings (SSSR count). The fourth-order valence-corrected chi connectivity index (χ4v) is 2.63. The van der Waals surface area contributed by atoms with Crippen LogP contribution in [0.3, 0.4) is 0 Å². The van der Waals surface area contributed by atoms with Crippen molar-refractivity contribution in [1.82, 2.24) is 0 Å². The lowest BCUT2D eigenvalue weighted by Gasteiger charge is -2.15. The molecule has 2 aromatic rings. The second-order valence-electron chi connectivity index (χ2n) is 6.16. The molecule has 0 aromatic heterocycles. The molecule has 4 nitrogen and oxygen atoms in total. The van der Waals surface area contributed by atoms with Crippen molar-refractivity contribution in [2.45, 2.75) is 26.7 Å². The van der Waals surface area contributed by atoms with Gasteiger partial charge in [0, 0.05) is 0 Å². The predicted octanol–water partition coefficient (Wildman–Crippen LogP) is 4.89. The van der Waals surface area contributed by atoms with E-state index >= 15 is 0 Å². The molecule has 0 heterocycles. The van der Waals surface area contributed by atoms with Crippen molar-refractivity contribution < 1.29 is 14.6 Å². The summed E-state index contributed by atoms with van der Waals surface area (Å²) >= 11 is 0. The molecule has 0 fully saturated rings. The normalized spacial score (nSPS) is 11.3. The molecule has 0 aliphatic heterocycles. The van der Waals surface area contributed by atoms with Crippen molar-refractivity contribution in [2.75, 3.05) is 7.11 Å². The number of allylic oxidation sites excluding steroid dienone is 1. The number of ether oxygens (including phenoxy) is 1. The number of benzene rings is 2. The standard InChI is InChI=1S/C21H21NO3/c1-13(2)19-11-17(14(3)9-20(19)25-4)10-18(12-22)15-5-7-16(8-6-15)21(23)24/h5-11,13H,1-4H3,(H,23,24)/b18-10-. The molecular weight excluding hydrogens is 314 g/mol. The van der Waals surface area contributed by atoms with E-state index in [-0.39, 0.29) is 5.56 Å². The summed E-state index contributed by atoms with van der Waals surface area (Å²) in [5.74, 6) is 0.152. The maximum absolute atomic E-state index is 11.0. The van der Waals surface area contributed by atoms with Gasteiger partial charge in [-0.15, -0.1) is 0 Å². The summed E-state index contributed by atoms with van der Waals surface area (Å²) in [4.78, 5) is 11.0. The second-order valence-corrected chi connectivity index (χ2v) is 6.16. The average molecular weight is 335 g/mol. The Labute approximate surface area is 148 Å². The zero-order chi connectivity index (χ0) is 18.6. The molecule has 0 aliphatic rings. The molecule has 0 amide bonds. The first kappa shape index (κ1) is 18.3. The van der Waals surface area contributed by atoms with Crippen LogP contribution >= 0.6 is 0 Å². The number of rotatable bonds is 5. The molecule has 0 radical (unpaired) electrons. The fourth-order valence-electron chi connectivity index (χ4n) is 2.63. The van der Waals surface area contributed by atoms with Crippen molar-refractivity contribution in [3.8, 4) is 11.8 Å². The second kappa shape index (κ2) is 7.67. The van der Waals surface area contributed by atoms with Gasteiger partial charge < -0.3 is 9.84 Å². The van der Waals surface area contributed by atoms with Gasteiger partial charge in [0.1, 0.15) is 5.75 Å². The Kier molecular flexibility index (Phi) is 5.61. The SMILES string of the molecule is COc1cc(C)c(/C=C(/C#N)c2ccc(C(=O)O)cc2)cc1C(C)C. The first-order valence-corrected chi connectivity index (χ1v) is 8.01. The van der Waals surface area contributed by atoms with Crippen LogP contribution in [0.25, 0.3) is 11.6 Å². The largest absolute Gasteiger partial charge is 0.496 e. The van der Waals surface area contributed by atoms with Crippen molar-refractivity contribution in [2.24, 2.45) is 0 Å². The Morgan fingerprint density at radius 1 is 1.20 bits per heavy atom. The van der Waals surface area contributed by atoms with Crippen LogP contribution in [0.15, 0.2) is 36.4 Å². The first-order valence-electron chi connectivity index (χ1n) is 8.01. The predicted molar refractivity (Wildman–Crippen MR) is 98.7 cm³/mol. The molecule has 0 aliphatic carbocycles. The molecule has 2 aromatic carbocycles. The molecule has 0 saturated heterocycles. The van der Waals surface area contributed by atoms with E-state index in [0.29, 0.717) is 17.1 Å². The minimum absolute atomic E-state index is 0.198. The Balaban J connectivity index is 2.51. The van der Waals surface area contributed by atoms with E-state index in [1.807, 2.05) is 25.1 Å². The number of aryl methyl sites for hydroxylation is 1. The number of hydrogen-bond acceptors (Lipinski definition) is 3. The number of methoxy groups -OCH3 is 1. The monoisotopic (exact) mass is 335 g/mol. The average Bonchev–Trinajstić information content (AvgIpc) is 2.60. The van der Waals surface area contributed by atoms with Crippen molar-refractivity contribution in [3.63, 3.8) is 0 Å². The third kappa shape index (κ3) is 4.07. The third-order valence-corrected chi connectivity index (χ3v) is 4.10. The molecule has 0 saturated carbocycles. The number of carboxylic acids is 1. The molecule has 25 heavy (non-hydrogen) atoms. The highest BCUT2D eigenvalue weighted by atomic mass is 16.5. The number of nitriles is 1. The van der Waals surface area contributed by atoms with Gasteiger partial charge in [0.05, 0.1) is 24.3 Å². The van der Waals surface area contributed by atoms with E-state index in [9.17, 15) is 10.1 Å². The van der Waals surface area contributed by atoms with Crippen LogP contribution in [0, 0.1) is 18.3 Å². The summed E-state index contributed by atoms with van der Waals surface area (Å²) in [6, 6.07) is 12.5. The van der Waals surface area contributed by atoms with E-state index in [0.717, 1.165) is 22.4 Å². The molecule has 0 bridgehead atoms. The summed E-state index contributed by atoms with van der Waals surface area (Å²) in [5, 5.41) is 18.5. The van der Waals surface area contributed by atoms with Crippen LogP contribution in [0.2, 0.25) is 0 Å². The summed E-state index contributed by atoms with van der Waals surface area (Å²) < 4.78 is 5.45. The Morgan fingerprint density at radius 2 is 1.80 bits per heavy atom. The summed E-state index contributed by atoms with van der Waals surface area (Å²) in [6.07, 6.45) is 1.83. The molecular formula is C21H21NO3. The minimum atomic E-state index is -0.985. The molecule has 0 spiro atoms. The fraction of sp³-hybridized carbons (Fsp3) is 0.238. The lowest BCUT2D eigenvalue weighted by Crippen LogP contribution is -1.97. The topological polar surface area (TPSA) is 70.3 Å². The van der Waals surface area contributed by atoms with Gasteiger partial charge in [0.25, 0.3) is 0 Å². The maximum Gasteiger partial charge on any atom is 0.335 e. The molecule has 0 atom stereocenters. The number of nitrogens with zero attached hydrogens (tertiary/aromatic N) is 1. The van der Waals surface area contributed by atoms with Crippen LogP contribution < -0.4 is 4.74 Å². The number of aromatic carboxylic acids is 1. The van der Waals surface area contributed by atoms with Gasteiger partial charge in [-0.2, -0.15) is 5.26 Å². The smallest absolute Gasteiger partial charge is 0.335 e. The Hall–Kier alpha value is -3.06. The number of carboxylic acid groups (broad SMARTS) is 1. The summed E-state index contributed by atoms with van der Waals surface area (Å²) in [5.41, 5.74) is 4.41. The quantitative estimate of drug-likeness (QED) is 0.624. The van der Waals surface area contributed by atoms with Crippen LogP contribution in [-0.4, -0.2) is 18.2 Å². The van der Waals surface area contributed by atoms with Crippen molar-refractivity contribution >= 4 is 17.6 Å². The summed E-state index contributed by atoms with van der Waals surface area (Å²) in [6.45, 7) is 6.16. The third-order valence-electron chi connectivity index (χ3n) is 4.10. The molecule has 128 valence electrons. The maximum atomic E-state index is 11.0. The zero-order valence-electron chi connectivity index (χ0n) is 14.8. The van der Waals surface area contributed by atoms with Gasteiger partial charge in [-0.3, -0.25) is 0 Å². The van der Waals surface area contributed by atoms with Gasteiger partial charge in [-0.1, -0.05) is 26.0 Å². The Bertz CT molecular complexity index is 856. The highest BCUT2D eigenvalue weighted by molar-refractivity contribution is 5.92. The number of carbonyl (C=O) groups is 1. The number of hydrogen-bond donors (Lipinski definition) is 1. The molecule has 1 N–H and O–H groups in total. The van der Waals surface area contributed by atoms with Crippen LogP contribution in [-0.2, 0) is 0 Å². The Morgan fingerprint density at radius 3 is 2.28 bits per heavy atom. The van der Waals surface area contributed by atoms with E-state index in [2.05, 4.69) is 19.9 Å². The highest BCUT2D eigenvalue weighted by Crippen LogP contribution is 2.31. The van der Waals surface area contributed by atoms with E-state index in [4.69, 9.17) is 9.84 Å². The van der Waals surface area contributed by atoms with Crippen LogP contribution in [0.5, 0.6) is 5.75 Å². The molecule has 4 heteroatoms. The molecule has 0 unspecified atom stereocenters. The van der Waals surface area contributed by atoms with Crippen LogP contribution in [0.4, 0.5) is 0 Å². The van der Waals surface area contributed by atoms with Crippen molar-refractivity contribution in [3.05, 3.63) is 64.2 Å². The van der Waals surface area contributed by atoms with Crippen LogP contribution in [0.1, 0.15) is 52.4 Å². The van der Waals surface area contributed by atoms with E-state index in [1.54, 1.807) is 19.2 Å². The van der Waals surface area contributed by atoms with Gasteiger partial charge >= 0.3 is 5.97 Å². The lowest BCUT2D eigenvalue weighted by molar-refractivity contribution is 0.0697. The van der Waals surface area contributed by atoms with Gasteiger partial charge in [-0.25, -0.2) is 4.79 Å². The minimum Gasteiger partial charge on any atom is -0.496 e.